The monoisotopic (exact) mass is 286 g/mol. The highest BCUT2D eigenvalue weighted by atomic mass is 32.2. The van der Waals surface area contributed by atoms with Gasteiger partial charge in [-0.25, -0.2) is 9.79 Å². The molecule has 0 aromatic rings. The molecule has 0 aliphatic carbocycles. The molecule has 2 rings (SSSR count). The van der Waals surface area contributed by atoms with Crippen molar-refractivity contribution in [1.82, 2.24) is 15.1 Å². The molecule has 1 saturated heterocycles. The van der Waals surface area contributed by atoms with Crippen LogP contribution in [0.15, 0.2) is 4.99 Å². The van der Waals surface area contributed by atoms with Gasteiger partial charge in [-0.1, -0.05) is 11.8 Å². The van der Waals surface area contributed by atoms with Gasteiger partial charge in [0.05, 0.1) is 6.61 Å². The van der Waals surface area contributed by atoms with Gasteiger partial charge in [0.2, 0.25) is 0 Å². The Labute approximate surface area is 116 Å². The molecule has 0 saturated carbocycles. The molecule has 2 unspecified atom stereocenters. The molecule has 7 nitrogen and oxygen atoms in total. The molecule has 19 heavy (non-hydrogen) atoms. The van der Waals surface area contributed by atoms with Gasteiger partial charge in [0.1, 0.15) is 0 Å². The van der Waals surface area contributed by atoms with E-state index in [1.807, 2.05) is 18.1 Å². The summed E-state index contributed by atoms with van der Waals surface area (Å²) in [7, 11) is 1.65. The van der Waals surface area contributed by atoms with E-state index >= 15 is 0 Å². The number of carbonyl (C=O) groups is 2. The maximum atomic E-state index is 12.0. The van der Waals surface area contributed by atoms with Crippen molar-refractivity contribution < 1.29 is 14.3 Å². The van der Waals surface area contributed by atoms with Crippen LogP contribution in [0.4, 0.5) is 4.79 Å². The minimum Gasteiger partial charge on any atom is -0.380 e. The molecular weight excluding hydrogens is 268 g/mol. The Hall–Kier alpha value is -1.28. The Bertz CT molecular complexity index is 415. The van der Waals surface area contributed by atoms with E-state index in [1.165, 1.54) is 16.7 Å². The maximum absolute atomic E-state index is 12.0. The number of imide groups is 1. The summed E-state index contributed by atoms with van der Waals surface area (Å²) in [5.74, 6) is -0.294. The number of carbonyl (C=O) groups excluding carboxylic acids is 2. The van der Waals surface area contributed by atoms with Crippen LogP contribution in [-0.2, 0) is 9.53 Å². The van der Waals surface area contributed by atoms with Gasteiger partial charge in [0, 0.05) is 20.2 Å². The number of nitrogens with one attached hydrogen (secondary N) is 1. The molecule has 0 aromatic carbocycles. The number of amides is 3. The van der Waals surface area contributed by atoms with Gasteiger partial charge in [-0.3, -0.25) is 10.1 Å². The molecule has 1 fully saturated rings. The number of rotatable bonds is 4. The first-order chi connectivity index (χ1) is 9.10. The van der Waals surface area contributed by atoms with Gasteiger partial charge >= 0.3 is 6.03 Å². The maximum Gasteiger partial charge on any atom is 0.325 e. The fraction of sp³-hybridized carbons (Fsp3) is 0.727. The predicted molar refractivity (Wildman–Crippen MR) is 73.0 cm³/mol. The summed E-state index contributed by atoms with van der Waals surface area (Å²) in [6, 6.07) is -0.854. The van der Waals surface area contributed by atoms with Crippen molar-refractivity contribution in [2.45, 2.75) is 19.1 Å². The highest BCUT2D eigenvalue weighted by molar-refractivity contribution is 8.13. The standard InChI is InChI=1S/C11H18N4O3S/c1-4-18-6-5-15-7-8(12-11(15)19-3)14(2)10(17)13-9(7)16/h7-8H,4-6H2,1-3H3,(H,13,16,17). The van der Waals surface area contributed by atoms with Gasteiger partial charge in [-0.05, 0) is 13.2 Å². The van der Waals surface area contributed by atoms with Crippen LogP contribution in [0.1, 0.15) is 6.92 Å². The van der Waals surface area contributed by atoms with Crippen LogP contribution in [0.25, 0.3) is 0 Å². The number of nitrogens with zero attached hydrogens (tertiary/aromatic N) is 3. The predicted octanol–water partition coefficient (Wildman–Crippen LogP) is -0.0662. The molecule has 0 aromatic heterocycles. The molecule has 2 heterocycles. The van der Waals surface area contributed by atoms with Crippen molar-refractivity contribution in [3.05, 3.63) is 0 Å². The summed E-state index contributed by atoms with van der Waals surface area (Å²) in [5.41, 5.74) is 0. The second-order valence-electron chi connectivity index (χ2n) is 4.27. The minimum absolute atomic E-state index is 0.294. The smallest absolute Gasteiger partial charge is 0.325 e. The second-order valence-corrected chi connectivity index (χ2v) is 5.04. The number of ether oxygens (including phenoxy) is 1. The molecule has 2 atom stereocenters. The summed E-state index contributed by atoms with van der Waals surface area (Å²) in [6.45, 7) is 3.68. The van der Waals surface area contributed by atoms with E-state index in [4.69, 9.17) is 4.74 Å². The first-order valence-corrected chi connectivity index (χ1v) is 7.36. The first-order valence-electron chi connectivity index (χ1n) is 6.14. The van der Waals surface area contributed by atoms with Crippen LogP contribution < -0.4 is 5.32 Å². The zero-order valence-electron chi connectivity index (χ0n) is 11.3. The number of aliphatic imine (C=N–C) groups is 1. The van der Waals surface area contributed by atoms with E-state index in [-0.39, 0.29) is 5.91 Å². The molecule has 106 valence electrons. The van der Waals surface area contributed by atoms with Gasteiger partial charge in [0.15, 0.2) is 17.4 Å². The fourth-order valence-corrected chi connectivity index (χ4v) is 2.87. The van der Waals surface area contributed by atoms with E-state index in [0.717, 1.165) is 5.17 Å². The Kier molecular flexibility index (Phi) is 4.31. The third kappa shape index (κ3) is 2.55. The van der Waals surface area contributed by atoms with E-state index in [0.29, 0.717) is 19.8 Å². The molecule has 3 amide bonds. The zero-order valence-corrected chi connectivity index (χ0v) is 12.1. The van der Waals surface area contributed by atoms with Gasteiger partial charge in [-0.15, -0.1) is 0 Å². The van der Waals surface area contributed by atoms with Gasteiger partial charge < -0.3 is 14.5 Å². The Morgan fingerprint density at radius 1 is 1.47 bits per heavy atom. The molecule has 2 aliphatic rings. The quantitative estimate of drug-likeness (QED) is 0.733. The number of urea groups is 1. The first kappa shape index (κ1) is 14.1. The van der Waals surface area contributed by atoms with Gasteiger partial charge in [-0.2, -0.15) is 0 Å². The SMILES string of the molecule is CCOCCN1C(SC)=NC2C1C(=O)NC(=O)N2C. The topological polar surface area (TPSA) is 74.2 Å². The van der Waals surface area contributed by atoms with Crippen LogP contribution in [-0.4, -0.2) is 72.2 Å². The lowest BCUT2D eigenvalue weighted by Gasteiger charge is -2.36. The van der Waals surface area contributed by atoms with E-state index < -0.39 is 18.2 Å². The third-order valence-corrected chi connectivity index (χ3v) is 3.89. The van der Waals surface area contributed by atoms with Crippen molar-refractivity contribution in [2.75, 3.05) is 33.1 Å². The Morgan fingerprint density at radius 2 is 2.21 bits per heavy atom. The van der Waals surface area contributed by atoms with Crippen molar-refractivity contribution in [1.29, 1.82) is 0 Å². The molecule has 2 aliphatic heterocycles. The summed E-state index contributed by atoms with van der Waals surface area (Å²) in [5, 5.41) is 3.12. The van der Waals surface area contributed by atoms with E-state index in [1.54, 1.807) is 7.05 Å². The lowest BCUT2D eigenvalue weighted by molar-refractivity contribution is -0.127. The molecular formula is C11H18N4O3S. The van der Waals surface area contributed by atoms with Crippen molar-refractivity contribution in [3.8, 4) is 0 Å². The van der Waals surface area contributed by atoms with Crippen molar-refractivity contribution in [2.24, 2.45) is 4.99 Å². The minimum atomic E-state index is -0.453. The molecule has 0 radical (unpaired) electrons. The third-order valence-electron chi connectivity index (χ3n) is 3.19. The van der Waals surface area contributed by atoms with Gasteiger partial charge in [0.25, 0.3) is 5.91 Å². The highest BCUT2D eigenvalue weighted by Gasteiger charge is 2.48. The summed E-state index contributed by atoms with van der Waals surface area (Å²) in [4.78, 5) is 31.4. The second kappa shape index (κ2) is 5.79. The molecule has 1 N–H and O–H groups in total. The van der Waals surface area contributed by atoms with Crippen molar-refractivity contribution >= 4 is 28.9 Å². The number of hydrogen-bond donors (Lipinski definition) is 1. The number of thioether (sulfide) groups is 1. The van der Waals surface area contributed by atoms with E-state index in [2.05, 4.69) is 10.3 Å². The average Bonchev–Trinajstić information content (AvgIpc) is 2.76. The number of fused-ring (bicyclic) bond motifs is 1. The number of hydrogen-bond acceptors (Lipinski definition) is 6. The van der Waals surface area contributed by atoms with E-state index in [9.17, 15) is 9.59 Å². The van der Waals surface area contributed by atoms with Crippen LogP contribution in [0.3, 0.4) is 0 Å². The normalized spacial score (nSPS) is 26.4. The largest absolute Gasteiger partial charge is 0.380 e. The Morgan fingerprint density at radius 3 is 2.84 bits per heavy atom. The molecule has 0 spiro atoms. The lowest BCUT2D eigenvalue weighted by atomic mass is 10.1. The summed E-state index contributed by atoms with van der Waals surface area (Å²) in [6.07, 6.45) is 1.47. The number of amidine groups is 1. The van der Waals surface area contributed by atoms with Crippen molar-refractivity contribution in [3.63, 3.8) is 0 Å². The van der Waals surface area contributed by atoms with Crippen LogP contribution >= 0.6 is 11.8 Å². The van der Waals surface area contributed by atoms with Crippen LogP contribution in [0.5, 0.6) is 0 Å². The fourth-order valence-electron chi connectivity index (χ4n) is 2.21. The summed E-state index contributed by atoms with van der Waals surface area (Å²) < 4.78 is 5.33. The lowest BCUT2D eigenvalue weighted by Crippen LogP contribution is -2.63. The highest BCUT2D eigenvalue weighted by Crippen LogP contribution is 2.27. The Balaban J connectivity index is 2.17. The van der Waals surface area contributed by atoms with Crippen LogP contribution in [0.2, 0.25) is 0 Å². The average molecular weight is 286 g/mol. The van der Waals surface area contributed by atoms with Crippen LogP contribution in [0, 0.1) is 0 Å². The molecule has 8 heteroatoms. The number of likely N-dealkylation sites (N-methyl/N-ethyl adjacent to an activating group) is 1. The summed E-state index contributed by atoms with van der Waals surface area (Å²) >= 11 is 1.47. The molecule has 0 bridgehead atoms. The zero-order chi connectivity index (χ0) is 14.0.